The number of hydrogen-bond donors (Lipinski definition) is 0. The minimum absolute atomic E-state index is 0.167. The van der Waals surface area contributed by atoms with Crippen LogP contribution in [-0.4, -0.2) is 28.7 Å². The number of carbonyl (C=O) groups excluding carboxylic acids is 1. The van der Waals surface area contributed by atoms with Gasteiger partial charge in [-0.05, 0) is 36.5 Å². The Bertz CT molecular complexity index is 319. The smallest absolute Gasteiger partial charge is 0.227 e. The largest absolute Gasteiger partial charge is 0.339 e. The Balaban J connectivity index is 2.05. The Morgan fingerprint density at radius 1 is 1.22 bits per heavy atom. The van der Waals surface area contributed by atoms with Crippen LogP contribution in [0.25, 0.3) is 0 Å². The molecule has 3 heteroatoms. The molecule has 0 saturated heterocycles. The van der Waals surface area contributed by atoms with Gasteiger partial charge in [-0.3, -0.25) is 4.79 Å². The molecule has 2 aliphatic carbocycles. The normalized spacial score (nSPS) is 25.6. The van der Waals surface area contributed by atoms with E-state index in [1.807, 2.05) is 0 Å². The number of nitrogens with zero attached hydrogens (tertiary/aromatic N) is 1. The van der Waals surface area contributed by atoms with Gasteiger partial charge in [0.05, 0.1) is 0 Å². The standard InChI is InChI=1S/C15H26BrNO/c1-14(2)12(15(14,3)4)13(18)17(10-6-9-16)11-7-5-8-11/h11-12H,5-10H2,1-4H3. The lowest BCUT2D eigenvalue weighted by atomic mass is 9.90. The highest BCUT2D eigenvalue weighted by Gasteiger charge is 2.69. The van der Waals surface area contributed by atoms with Crippen LogP contribution in [0.1, 0.15) is 53.4 Å². The monoisotopic (exact) mass is 315 g/mol. The van der Waals surface area contributed by atoms with Crippen LogP contribution in [0, 0.1) is 16.7 Å². The number of rotatable bonds is 5. The van der Waals surface area contributed by atoms with Gasteiger partial charge in [-0.15, -0.1) is 0 Å². The summed E-state index contributed by atoms with van der Waals surface area (Å²) < 4.78 is 0. The molecule has 0 aromatic heterocycles. The lowest BCUT2D eigenvalue weighted by molar-refractivity contribution is -0.138. The summed E-state index contributed by atoms with van der Waals surface area (Å²) in [6.07, 6.45) is 4.78. The summed E-state index contributed by atoms with van der Waals surface area (Å²) in [5, 5.41) is 0.987. The highest BCUT2D eigenvalue weighted by molar-refractivity contribution is 9.09. The Kier molecular flexibility index (Phi) is 3.84. The van der Waals surface area contributed by atoms with Gasteiger partial charge in [0.2, 0.25) is 5.91 Å². The van der Waals surface area contributed by atoms with Crippen molar-refractivity contribution in [3.63, 3.8) is 0 Å². The SMILES string of the molecule is CC1(C)C(C(=O)N(CCCBr)C2CCC2)C1(C)C. The second-order valence-electron chi connectivity index (χ2n) is 7.04. The molecule has 0 spiro atoms. The maximum absolute atomic E-state index is 12.8. The number of alkyl halides is 1. The highest BCUT2D eigenvalue weighted by atomic mass is 79.9. The van der Waals surface area contributed by atoms with Crippen LogP contribution in [0.15, 0.2) is 0 Å². The molecule has 0 aromatic carbocycles. The van der Waals surface area contributed by atoms with Gasteiger partial charge in [0, 0.05) is 23.8 Å². The zero-order valence-electron chi connectivity index (χ0n) is 12.1. The van der Waals surface area contributed by atoms with E-state index in [2.05, 4.69) is 48.5 Å². The van der Waals surface area contributed by atoms with Crippen molar-refractivity contribution in [2.45, 2.75) is 59.4 Å². The molecule has 2 fully saturated rings. The average molecular weight is 316 g/mol. The molecule has 0 radical (unpaired) electrons. The summed E-state index contributed by atoms with van der Waals surface area (Å²) in [7, 11) is 0. The van der Waals surface area contributed by atoms with Gasteiger partial charge < -0.3 is 4.90 Å². The van der Waals surface area contributed by atoms with Crippen molar-refractivity contribution in [1.29, 1.82) is 0 Å². The first-order valence-electron chi connectivity index (χ1n) is 7.20. The van der Waals surface area contributed by atoms with Crippen molar-refractivity contribution in [3.05, 3.63) is 0 Å². The first-order valence-corrected chi connectivity index (χ1v) is 8.32. The second-order valence-corrected chi connectivity index (χ2v) is 7.83. The van der Waals surface area contributed by atoms with E-state index < -0.39 is 0 Å². The van der Waals surface area contributed by atoms with Crippen LogP contribution in [-0.2, 0) is 4.79 Å². The summed E-state index contributed by atoms with van der Waals surface area (Å²) in [4.78, 5) is 15.0. The number of amides is 1. The lowest BCUT2D eigenvalue weighted by Crippen LogP contribution is -2.46. The van der Waals surface area contributed by atoms with E-state index in [1.165, 1.54) is 19.3 Å². The van der Waals surface area contributed by atoms with E-state index in [1.54, 1.807) is 0 Å². The summed E-state index contributed by atoms with van der Waals surface area (Å²) in [5.74, 6) is 0.636. The van der Waals surface area contributed by atoms with Gasteiger partial charge in [-0.2, -0.15) is 0 Å². The van der Waals surface area contributed by atoms with Crippen LogP contribution < -0.4 is 0 Å². The quantitative estimate of drug-likeness (QED) is 0.706. The third-order valence-corrected chi connectivity index (χ3v) is 6.16. The van der Waals surface area contributed by atoms with Gasteiger partial charge in [0.15, 0.2) is 0 Å². The van der Waals surface area contributed by atoms with Crippen molar-refractivity contribution < 1.29 is 4.79 Å². The van der Waals surface area contributed by atoms with Gasteiger partial charge in [-0.25, -0.2) is 0 Å². The van der Waals surface area contributed by atoms with Crippen LogP contribution in [0.2, 0.25) is 0 Å². The second kappa shape index (κ2) is 4.81. The topological polar surface area (TPSA) is 20.3 Å². The van der Waals surface area contributed by atoms with Crippen molar-refractivity contribution in [2.24, 2.45) is 16.7 Å². The highest BCUT2D eigenvalue weighted by Crippen LogP contribution is 2.69. The molecule has 0 heterocycles. The van der Waals surface area contributed by atoms with Gasteiger partial charge in [0.1, 0.15) is 0 Å². The molecule has 1 amide bonds. The van der Waals surface area contributed by atoms with E-state index in [0.29, 0.717) is 11.9 Å². The molecule has 0 unspecified atom stereocenters. The summed E-state index contributed by atoms with van der Waals surface area (Å²) in [6, 6.07) is 0.531. The fraction of sp³-hybridized carbons (Fsp3) is 0.933. The average Bonchev–Trinajstić information content (AvgIpc) is 2.60. The first-order chi connectivity index (χ1) is 8.34. The predicted molar refractivity (Wildman–Crippen MR) is 78.8 cm³/mol. The molecule has 2 nitrogen and oxygen atoms in total. The van der Waals surface area contributed by atoms with Crippen molar-refractivity contribution in [1.82, 2.24) is 4.90 Å². The third-order valence-electron chi connectivity index (χ3n) is 5.60. The maximum Gasteiger partial charge on any atom is 0.227 e. The van der Waals surface area contributed by atoms with Crippen LogP contribution >= 0.6 is 15.9 Å². The Labute approximate surface area is 120 Å². The van der Waals surface area contributed by atoms with Gasteiger partial charge in [-0.1, -0.05) is 43.6 Å². The molecule has 0 bridgehead atoms. The van der Waals surface area contributed by atoms with Crippen LogP contribution in [0.3, 0.4) is 0 Å². The minimum Gasteiger partial charge on any atom is -0.339 e. The molecule has 2 aliphatic rings. The zero-order valence-corrected chi connectivity index (χ0v) is 13.7. The number of carbonyl (C=O) groups is 1. The van der Waals surface area contributed by atoms with Crippen molar-refractivity contribution in [3.8, 4) is 0 Å². The predicted octanol–water partition coefficient (Wildman–Crippen LogP) is 3.83. The van der Waals surface area contributed by atoms with E-state index in [-0.39, 0.29) is 16.7 Å². The molecule has 0 N–H and O–H groups in total. The van der Waals surface area contributed by atoms with E-state index in [4.69, 9.17) is 0 Å². The minimum atomic E-state index is 0.167. The molecule has 0 atom stereocenters. The molecule has 18 heavy (non-hydrogen) atoms. The van der Waals surface area contributed by atoms with Crippen LogP contribution in [0.5, 0.6) is 0 Å². The summed E-state index contributed by atoms with van der Waals surface area (Å²) >= 11 is 3.48. The van der Waals surface area contributed by atoms with Crippen molar-refractivity contribution in [2.75, 3.05) is 11.9 Å². The van der Waals surface area contributed by atoms with Crippen LogP contribution in [0.4, 0.5) is 0 Å². The van der Waals surface area contributed by atoms with Crippen molar-refractivity contribution >= 4 is 21.8 Å². The van der Waals surface area contributed by atoms with Gasteiger partial charge in [0.25, 0.3) is 0 Å². The molecular formula is C15H26BrNO. The van der Waals surface area contributed by atoms with Gasteiger partial charge >= 0.3 is 0 Å². The fourth-order valence-corrected chi connectivity index (χ4v) is 3.63. The molecular weight excluding hydrogens is 290 g/mol. The van der Waals surface area contributed by atoms with E-state index in [0.717, 1.165) is 18.3 Å². The molecule has 0 aromatic rings. The van der Waals surface area contributed by atoms with E-state index in [9.17, 15) is 4.79 Å². The maximum atomic E-state index is 12.8. The lowest BCUT2D eigenvalue weighted by Gasteiger charge is -2.38. The van der Waals surface area contributed by atoms with E-state index >= 15 is 0 Å². The summed E-state index contributed by atoms with van der Waals surface area (Å²) in [5.41, 5.74) is 0.334. The molecule has 0 aliphatic heterocycles. The Hall–Kier alpha value is -0.0500. The molecule has 2 saturated carbocycles. The molecule has 104 valence electrons. The first kappa shape index (κ1) is 14.4. The zero-order chi connectivity index (χ0) is 13.6. The summed E-state index contributed by atoms with van der Waals surface area (Å²) in [6.45, 7) is 9.87. The molecule has 2 rings (SSSR count). The number of hydrogen-bond acceptors (Lipinski definition) is 1. The Morgan fingerprint density at radius 2 is 1.78 bits per heavy atom. The third kappa shape index (κ3) is 2.13. The number of halogens is 1. The fourth-order valence-electron chi connectivity index (χ4n) is 3.38. The Morgan fingerprint density at radius 3 is 2.11 bits per heavy atom.